The molecular weight excluding hydrogens is 263 g/mol. The van der Waals surface area contributed by atoms with Crippen LogP contribution in [0.15, 0.2) is 12.1 Å². The average Bonchev–Trinajstić information content (AvgIpc) is 3.06. The van der Waals surface area contributed by atoms with Gasteiger partial charge in [-0.15, -0.1) is 0 Å². The molecule has 0 bridgehead atoms. The number of phenolic OH excluding ortho intramolecular Hbond substituents is 1. The van der Waals surface area contributed by atoms with E-state index in [4.69, 9.17) is 28.9 Å². The Bertz CT molecular complexity index is 450. The van der Waals surface area contributed by atoms with Gasteiger partial charge in [-0.3, -0.25) is 4.79 Å². The largest absolute Gasteiger partial charge is 0.505 e. The van der Waals surface area contributed by atoms with Crippen molar-refractivity contribution in [1.82, 2.24) is 0 Å². The molecule has 4 nitrogen and oxygen atoms in total. The Morgan fingerprint density at radius 2 is 1.94 bits per heavy atom. The standard InChI is InChI=1S/C11H12Cl2N2O2/c12-7-3-6(4-8(13)9(7)16)15-10(17)11(5-14)1-2-11/h3-4,16H,1-2,5,14H2,(H,15,17). The minimum atomic E-state index is -0.434. The summed E-state index contributed by atoms with van der Waals surface area (Å²) in [6.07, 6.45) is 1.60. The Labute approximate surface area is 109 Å². The predicted octanol–water partition coefficient (Wildman–Crippen LogP) is 2.38. The summed E-state index contributed by atoms with van der Waals surface area (Å²) in [7, 11) is 0. The van der Waals surface area contributed by atoms with E-state index in [2.05, 4.69) is 5.32 Å². The third-order valence-corrected chi connectivity index (χ3v) is 3.58. The number of carbonyl (C=O) groups is 1. The Morgan fingerprint density at radius 3 is 2.35 bits per heavy atom. The number of aromatic hydroxyl groups is 1. The number of nitrogens with one attached hydrogen (secondary N) is 1. The summed E-state index contributed by atoms with van der Waals surface area (Å²) in [6, 6.07) is 2.90. The number of phenols is 1. The Kier molecular flexibility index (Phi) is 3.21. The van der Waals surface area contributed by atoms with Gasteiger partial charge in [0.15, 0.2) is 5.75 Å². The summed E-state index contributed by atoms with van der Waals surface area (Å²) in [5.74, 6) is -0.316. The second kappa shape index (κ2) is 4.37. The van der Waals surface area contributed by atoms with Gasteiger partial charge in [-0.05, 0) is 25.0 Å². The zero-order valence-electron chi connectivity index (χ0n) is 8.96. The number of halogens is 2. The zero-order chi connectivity index (χ0) is 12.6. The number of hydrogen-bond donors (Lipinski definition) is 3. The number of hydrogen-bond acceptors (Lipinski definition) is 3. The quantitative estimate of drug-likeness (QED) is 0.741. The Hall–Kier alpha value is -0.970. The fourth-order valence-corrected chi connectivity index (χ4v) is 2.06. The number of benzene rings is 1. The summed E-state index contributed by atoms with van der Waals surface area (Å²) < 4.78 is 0. The average molecular weight is 275 g/mol. The third kappa shape index (κ3) is 2.34. The van der Waals surface area contributed by atoms with Crippen LogP contribution >= 0.6 is 23.2 Å². The van der Waals surface area contributed by atoms with Crippen molar-refractivity contribution in [3.8, 4) is 5.75 Å². The van der Waals surface area contributed by atoms with Crippen molar-refractivity contribution in [3.05, 3.63) is 22.2 Å². The van der Waals surface area contributed by atoms with Gasteiger partial charge in [-0.25, -0.2) is 0 Å². The van der Waals surface area contributed by atoms with Crippen molar-refractivity contribution in [2.45, 2.75) is 12.8 Å². The molecule has 1 aliphatic rings. The minimum Gasteiger partial charge on any atom is -0.505 e. The molecular formula is C11H12Cl2N2O2. The van der Waals surface area contributed by atoms with E-state index in [9.17, 15) is 9.90 Å². The molecule has 1 saturated carbocycles. The summed E-state index contributed by atoms with van der Waals surface area (Å²) in [5, 5.41) is 12.3. The van der Waals surface area contributed by atoms with Gasteiger partial charge < -0.3 is 16.2 Å². The summed E-state index contributed by atoms with van der Waals surface area (Å²) in [5.41, 5.74) is 5.58. The topological polar surface area (TPSA) is 75.4 Å². The highest BCUT2D eigenvalue weighted by Gasteiger charge is 2.48. The van der Waals surface area contributed by atoms with Crippen LogP contribution in [0.2, 0.25) is 10.0 Å². The molecule has 0 unspecified atom stereocenters. The van der Waals surface area contributed by atoms with Crippen molar-refractivity contribution in [1.29, 1.82) is 0 Å². The van der Waals surface area contributed by atoms with Gasteiger partial charge in [-0.2, -0.15) is 0 Å². The molecule has 0 atom stereocenters. The van der Waals surface area contributed by atoms with E-state index in [1.165, 1.54) is 12.1 Å². The van der Waals surface area contributed by atoms with Crippen LogP contribution in [0.1, 0.15) is 12.8 Å². The first-order chi connectivity index (χ1) is 7.98. The van der Waals surface area contributed by atoms with E-state index in [0.717, 1.165) is 12.8 Å². The molecule has 6 heteroatoms. The Balaban J connectivity index is 2.17. The molecule has 1 aromatic rings. The second-order valence-corrected chi connectivity index (χ2v) is 5.04. The zero-order valence-corrected chi connectivity index (χ0v) is 10.5. The van der Waals surface area contributed by atoms with E-state index in [0.29, 0.717) is 12.2 Å². The van der Waals surface area contributed by atoms with Crippen LogP contribution in [0.3, 0.4) is 0 Å². The van der Waals surface area contributed by atoms with Crippen LogP contribution < -0.4 is 11.1 Å². The van der Waals surface area contributed by atoms with Crippen LogP contribution in [0.5, 0.6) is 5.75 Å². The highest BCUT2D eigenvalue weighted by Crippen LogP contribution is 2.45. The molecule has 1 fully saturated rings. The van der Waals surface area contributed by atoms with Gasteiger partial charge in [-0.1, -0.05) is 23.2 Å². The lowest BCUT2D eigenvalue weighted by Gasteiger charge is -2.13. The monoisotopic (exact) mass is 274 g/mol. The third-order valence-electron chi connectivity index (χ3n) is 3.00. The van der Waals surface area contributed by atoms with E-state index in [-0.39, 0.29) is 21.7 Å². The van der Waals surface area contributed by atoms with Crippen LogP contribution in [0.25, 0.3) is 0 Å². The molecule has 0 aliphatic heterocycles. The molecule has 1 amide bonds. The summed E-state index contributed by atoms with van der Waals surface area (Å²) in [6.45, 7) is 0.332. The van der Waals surface area contributed by atoms with Gasteiger partial charge in [0.1, 0.15) is 0 Å². The number of rotatable bonds is 3. The lowest BCUT2D eigenvalue weighted by molar-refractivity contribution is -0.120. The van der Waals surface area contributed by atoms with Gasteiger partial charge in [0.2, 0.25) is 5.91 Å². The van der Waals surface area contributed by atoms with Gasteiger partial charge in [0.25, 0.3) is 0 Å². The maximum Gasteiger partial charge on any atom is 0.231 e. The van der Waals surface area contributed by atoms with Gasteiger partial charge in [0, 0.05) is 12.2 Å². The molecule has 0 spiro atoms. The maximum atomic E-state index is 11.9. The van der Waals surface area contributed by atoms with Gasteiger partial charge >= 0.3 is 0 Å². The number of anilines is 1. The summed E-state index contributed by atoms with van der Waals surface area (Å²) >= 11 is 11.5. The number of nitrogens with two attached hydrogens (primary N) is 1. The van der Waals surface area contributed by atoms with Crippen LogP contribution in [0.4, 0.5) is 5.69 Å². The van der Waals surface area contributed by atoms with E-state index in [1.807, 2.05) is 0 Å². The second-order valence-electron chi connectivity index (χ2n) is 4.23. The van der Waals surface area contributed by atoms with Crippen molar-refractivity contribution < 1.29 is 9.90 Å². The number of carbonyl (C=O) groups excluding carboxylic acids is 1. The van der Waals surface area contributed by atoms with Crippen LogP contribution in [-0.4, -0.2) is 17.6 Å². The predicted molar refractivity (Wildman–Crippen MR) is 67.5 cm³/mol. The lowest BCUT2D eigenvalue weighted by Crippen LogP contribution is -2.30. The minimum absolute atomic E-state index is 0.102. The highest BCUT2D eigenvalue weighted by atomic mass is 35.5. The Morgan fingerprint density at radius 1 is 1.41 bits per heavy atom. The van der Waals surface area contributed by atoms with E-state index in [1.54, 1.807) is 0 Å². The first-order valence-corrected chi connectivity index (χ1v) is 5.94. The molecule has 4 N–H and O–H groups in total. The molecule has 1 aliphatic carbocycles. The fraction of sp³-hybridized carbons (Fsp3) is 0.364. The van der Waals surface area contributed by atoms with Crippen molar-refractivity contribution >= 4 is 34.8 Å². The summed E-state index contributed by atoms with van der Waals surface area (Å²) in [4.78, 5) is 11.9. The normalized spacial score (nSPS) is 16.6. The molecule has 2 rings (SSSR count). The van der Waals surface area contributed by atoms with E-state index >= 15 is 0 Å². The number of amides is 1. The fourth-order valence-electron chi connectivity index (χ4n) is 1.58. The van der Waals surface area contributed by atoms with E-state index < -0.39 is 5.41 Å². The van der Waals surface area contributed by atoms with Crippen molar-refractivity contribution in [2.24, 2.45) is 11.1 Å². The molecule has 92 valence electrons. The lowest BCUT2D eigenvalue weighted by atomic mass is 10.1. The highest BCUT2D eigenvalue weighted by molar-refractivity contribution is 6.37. The van der Waals surface area contributed by atoms with Crippen molar-refractivity contribution in [2.75, 3.05) is 11.9 Å². The maximum absolute atomic E-state index is 11.9. The smallest absolute Gasteiger partial charge is 0.231 e. The van der Waals surface area contributed by atoms with Gasteiger partial charge in [0.05, 0.1) is 15.5 Å². The molecule has 0 heterocycles. The van der Waals surface area contributed by atoms with Crippen LogP contribution in [-0.2, 0) is 4.79 Å². The molecule has 17 heavy (non-hydrogen) atoms. The molecule has 0 aromatic heterocycles. The SMILES string of the molecule is NCC1(C(=O)Nc2cc(Cl)c(O)c(Cl)c2)CC1. The molecule has 0 radical (unpaired) electrons. The van der Waals surface area contributed by atoms with Crippen LogP contribution in [0, 0.1) is 5.41 Å². The first kappa shape index (κ1) is 12.5. The van der Waals surface area contributed by atoms with Crippen molar-refractivity contribution in [3.63, 3.8) is 0 Å². The molecule has 0 saturated heterocycles. The first-order valence-electron chi connectivity index (χ1n) is 5.18. The molecule has 1 aromatic carbocycles.